The number of carbonyl (C=O) groups excluding carboxylic acids is 2. The van der Waals surface area contributed by atoms with E-state index in [1.54, 1.807) is 25.1 Å². The molecular formula is C23H27ClN4O2S. The van der Waals surface area contributed by atoms with Crippen LogP contribution in [-0.4, -0.2) is 48.0 Å². The Kier molecular flexibility index (Phi) is 7.51. The Morgan fingerprint density at radius 2 is 1.68 bits per heavy atom. The van der Waals surface area contributed by atoms with Crippen LogP contribution in [0.15, 0.2) is 42.5 Å². The first-order valence-corrected chi connectivity index (χ1v) is 11.1. The maximum absolute atomic E-state index is 12.4. The zero-order chi connectivity index (χ0) is 22.5. The molecule has 1 saturated heterocycles. The summed E-state index contributed by atoms with van der Waals surface area (Å²) in [6.07, 6.45) is 0. The minimum absolute atomic E-state index is 0.0942. The lowest BCUT2D eigenvalue weighted by Gasteiger charge is -2.36. The predicted octanol–water partition coefficient (Wildman–Crippen LogP) is 4.26. The molecule has 8 heteroatoms. The monoisotopic (exact) mass is 458 g/mol. The van der Waals surface area contributed by atoms with E-state index >= 15 is 0 Å². The summed E-state index contributed by atoms with van der Waals surface area (Å²) < 4.78 is 0. The van der Waals surface area contributed by atoms with Crippen LogP contribution in [0.2, 0.25) is 5.02 Å². The number of thiocarbonyl (C=S) groups is 1. The maximum Gasteiger partial charge on any atom is 0.257 e. The van der Waals surface area contributed by atoms with E-state index in [0.717, 1.165) is 18.8 Å². The minimum Gasteiger partial charge on any atom is -0.367 e. The van der Waals surface area contributed by atoms with E-state index in [2.05, 4.69) is 29.4 Å². The largest absolute Gasteiger partial charge is 0.367 e. The summed E-state index contributed by atoms with van der Waals surface area (Å²) in [5, 5.41) is 6.49. The van der Waals surface area contributed by atoms with Gasteiger partial charge < -0.3 is 15.1 Å². The second-order valence-corrected chi connectivity index (χ2v) is 8.66. The highest BCUT2D eigenvalue weighted by molar-refractivity contribution is 7.80. The molecule has 0 atom stereocenters. The first-order valence-electron chi connectivity index (χ1n) is 10.3. The second kappa shape index (κ2) is 10.1. The Morgan fingerprint density at radius 3 is 2.23 bits per heavy atom. The molecule has 3 rings (SSSR count). The first kappa shape index (κ1) is 23.0. The van der Waals surface area contributed by atoms with Crippen LogP contribution >= 0.6 is 23.8 Å². The van der Waals surface area contributed by atoms with Crippen molar-refractivity contribution in [1.82, 2.24) is 10.2 Å². The van der Waals surface area contributed by atoms with Gasteiger partial charge in [0, 0.05) is 44.4 Å². The number of halogens is 1. The van der Waals surface area contributed by atoms with Crippen LogP contribution in [0.25, 0.3) is 0 Å². The SMILES string of the molecule is CC(=O)N1CCN(c2ccc(NC(=S)NC(=O)c3ccc(C(C)C)cc3)cc2Cl)CC1. The summed E-state index contributed by atoms with van der Waals surface area (Å²) in [6.45, 7) is 8.63. The van der Waals surface area contributed by atoms with Crippen LogP contribution in [0, 0.1) is 0 Å². The van der Waals surface area contributed by atoms with E-state index in [4.69, 9.17) is 23.8 Å². The van der Waals surface area contributed by atoms with E-state index < -0.39 is 0 Å². The quantitative estimate of drug-likeness (QED) is 0.670. The number of amides is 2. The molecule has 0 radical (unpaired) electrons. The lowest BCUT2D eigenvalue weighted by atomic mass is 10.0. The third kappa shape index (κ3) is 5.95. The van der Waals surface area contributed by atoms with E-state index in [1.165, 1.54) is 5.56 Å². The molecule has 1 aliphatic rings. The Balaban J connectivity index is 1.57. The molecule has 31 heavy (non-hydrogen) atoms. The number of anilines is 2. The van der Waals surface area contributed by atoms with Gasteiger partial charge in [-0.2, -0.15) is 0 Å². The number of benzene rings is 2. The normalized spacial score (nSPS) is 13.8. The molecule has 164 valence electrons. The molecule has 0 unspecified atom stereocenters. The van der Waals surface area contributed by atoms with Crippen LogP contribution in [0.5, 0.6) is 0 Å². The molecule has 0 aliphatic carbocycles. The summed E-state index contributed by atoms with van der Waals surface area (Å²) in [7, 11) is 0. The van der Waals surface area contributed by atoms with E-state index in [-0.39, 0.29) is 16.9 Å². The summed E-state index contributed by atoms with van der Waals surface area (Å²) in [6, 6.07) is 13.1. The number of nitrogens with one attached hydrogen (secondary N) is 2. The molecular weight excluding hydrogens is 432 g/mol. The van der Waals surface area contributed by atoms with Crippen LogP contribution in [0.3, 0.4) is 0 Å². The van der Waals surface area contributed by atoms with Crippen LogP contribution in [0.1, 0.15) is 42.6 Å². The summed E-state index contributed by atoms with van der Waals surface area (Å²) in [5.74, 6) is 0.237. The zero-order valence-corrected chi connectivity index (χ0v) is 19.5. The van der Waals surface area contributed by atoms with Gasteiger partial charge in [0.15, 0.2) is 5.11 Å². The van der Waals surface area contributed by atoms with Gasteiger partial charge in [-0.1, -0.05) is 37.6 Å². The molecule has 0 spiro atoms. The van der Waals surface area contributed by atoms with Crippen molar-refractivity contribution in [3.05, 3.63) is 58.6 Å². The third-order valence-electron chi connectivity index (χ3n) is 5.34. The lowest BCUT2D eigenvalue weighted by molar-refractivity contribution is -0.129. The highest BCUT2D eigenvalue weighted by atomic mass is 35.5. The average molecular weight is 459 g/mol. The molecule has 1 aliphatic heterocycles. The fourth-order valence-electron chi connectivity index (χ4n) is 3.46. The minimum atomic E-state index is -0.265. The Morgan fingerprint density at radius 1 is 1.03 bits per heavy atom. The molecule has 2 aromatic carbocycles. The summed E-state index contributed by atoms with van der Waals surface area (Å²) >= 11 is 11.8. The molecule has 2 amide bonds. The number of nitrogens with zero attached hydrogens (tertiary/aromatic N) is 2. The molecule has 0 aromatic heterocycles. The van der Waals surface area contributed by atoms with Gasteiger partial charge in [0.05, 0.1) is 10.7 Å². The van der Waals surface area contributed by atoms with Crippen LogP contribution < -0.4 is 15.5 Å². The van der Waals surface area contributed by atoms with Gasteiger partial charge in [0.1, 0.15) is 0 Å². The van der Waals surface area contributed by atoms with Crippen molar-refractivity contribution in [2.24, 2.45) is 0 Å². The summed E-state index contributed by atoms with van der Waals surface area (Å²) in [4.78, 5) is 27.9. The Hall–Kier alpha value is -2.64. The highest BCUT2D eigenvalue weighted by Crippen LogP contribution is 2.29. The number of rotatable bonds is 4. The van der Waals surface area contributed by atoms with Crippen LogP contribution in [-0.2, 0) is 4.79 Å². The lowest BCUT2D eigenvalue weighted by Crippen LogP contribution is -2.48. The molecule has 0 bridgehead atoms. The van der Waals surface area contributed by atoms with Gasteiger partial charge in [-0.05, 0) is 54.0 Å². The smallest absolute Gasteiger partial charge is 0.257 e. The van der Waals surface area contributed by atoms with Crippen molar-refractivity contribution in [3.8, 4) is 0 Å². The Labute approximate surface area is 193 Å². The average Bonchev–Trinajstić information content (AvgIpc) is 2.74. The van der Waals surface area contributed by atoms with Gasteiger partial charge in [0.2, 0.25) is 5.91 Å². The van der Waals surface area contributed by atoms with Gasteiger partial charge in [0.25, 0.3) is 5.91 Å². The van der Waals surface area contributed by atoms with E-state index in [0.29, 0.717) is 35.3 Å². The topological polar surface area (TPSA) is 64.7 Å². The molecule has 0 saturated carbocycles. The van der Waals surface area contributed by atoms with E-state index in [1.807, 2.05) is 29.2 Å². The third-order valence-corrected chi connectivity index (χ3v) is 5.84. The predicted molar refractivity (Wildman–Crippen MR) is 130 cm³/mol. The van der Waals surface area contributed by atoms with E-state index in [9.17, 15) is 9.59 Å². The second-order valence-electron chi connectivity index (χ2n) is 7.84. The maximum atomic E-state index is 12.4. The number of piperazine rings is 1. The van der Waals surface area contributed by atoms with Crippen molar-refractivity contribution < 1.29 is 9.59 Å². The summed E-state index contributed by atoms with van der Waals surface area (Å²) in [5.41, 5.74) is 3.33. The van der Waals surface area contributed by atoms with Crippen molar-refractivity contribution in [2.75, 3.05) is 36.4 Å². The van der Waals surface area contributed by atoms with Gasteiger partial charge in [-0.3, -0.25) is 14.9 Å². The van der Waals surface area contributed by atoms with Gasteiger partial charge in [-0.15, -0.1) is 0 Å². The highest BCUT2D eigenvalue weighted by Gasteiger charge is 2.20. The Bertz CT molecular complexity index is 970. The fraction of sp³-hybridized carbons (Fsp3) is 0.348. The molecule has 2 aromatic rings. The first-order chi connectivity index (χ1) is 14.7. The van der Waals surface area contributed by atoms with Crippen molar-refractivity contribution >= 4 is 52.1 Å². The van der Waals surface area contributed by atoms with Crippen molar-refractivity contribution in [3.63, 3.8) is 0 Å². The standard InChI is InChI=1S/C23H27ClN4O2S/c1-15(2)17-4-6-18(7-5-17)22(30)26-23(31)25-19-8-9-21(20(24)14-19)28-12-10-27(11-13-28)16(3)29/h4-9,14-15H,10-13H2,1-3H3,(H2,25,26,30,31). The molecule has 1 heterocycles. The van der Waals surface area contributed by atoms with Crippen molar-refractivity contribution in [2.45, 2.75) is 26.7 Å². The molecule has 2 N–H and O–H groups in total. The number of hydrogen-bond acceptors (Lipinski definition) is 4. The van der Waals surface area contributed by atoms with Gasteiger partial charge in [-0.25, -0.2) is 0 Å². The fourth-order valence-corrected chi connectivity index (χ4v) is 3.97. The molecule has 6 nitrogen and oxygen atoms in total. The van der Waals surface area contributed by atoms with Gasteiger partial charge >= 0.3 is 0 Å². The van der Waals surface area contributed by atoms with Crippen LogP contribution in [0.4, 0.5) is 11.4 Å². The van der Waals surface area contributed by atoms with Crippen molar-refractivity contribution in [1.29, 1.82) is 0 Å². The zero-order valence-electron chi connectivity index (χ0n) is 17.9. The number of hydrogen-bond donors (Lipinski definition) is 2. The number of carbonyl (C=O) groups is 2. The molecule has 1 fully saturated rings.